The highest BCUT2D eigenvalue weighted by molar-refractivity contribution is 9.10. The fourth-order valence-corrected chi connectivity index (χ4v) is 1.69. The highest BCUT2D eigenvalue weighted by Crippen LogP contribution is 2.10. The Morgan fingerprint density at radius 1 is 1.24 bits per heavy atom. The molecule has 1 aromatic carbocycles. The van der Waals surface area contributed by atoms with Crippen molar-refractivity contribution in [1.82, 2.24) is 5.32 Å². The zero-order chi connectivity index (χ0) is 12.1. The molecule has 0 aliphatic heterocycles. The molecule has 1 aromatic heterocycles. The van der Waals surface area contributed by atoms with E-state index in [-0.39, 0.29) is 5.91 Å². The first-order chi connectivity index (χ1) is 8.25. The van der Waals surface area contributed by atoms with Crippen molar-refractivity contribution in [1.29, 1.82) is 0 Å². The number of H-pyrrole nitrogens is 1. The Morgan fingerprint density at radius 2 is 2.00 bits per heavy atom. The maximum atomic E-state index is 11.8. The van der Waals surface area contributed by atoms with Crippen LogP contribution in [-0.2, 0) is 6.54 Å². The average molecular weight is 292 g/mol. The largest absolute Gasteiger partial charge is 0.348 e. The lowest BCUT2D eigenvalue weighted by Crippen LogP contribution is -2.23. The van der Waals surface area contributed by atoms with Gasteiger partial charge in [0.25, 0.3) is 5.91 Å². The molecule has 86 valence electrons. The van der Waals surface area contributed by atoms with E-state index in [1.165, 1.54) is 0 Å². The van der Waals surface area contributed by atoms with E-state index in [1.807, 2.05) is 36.7 Å². The minimum absolute atomic E-state index is 0.0682. The molecule has 17 heavy (non-hydrogen) atoms. The number of aromatic amines is 1. The number of carbonyl (C=O) groups is 1. The zero-order valence-electron chi connectivity index (χ0n) is 9.11. The van der Waals surface area contributed by atoms with Gasteiger partial charge in [0.15, 0.2) is 12.4 Å². The molecule has 3 nitrogen and oxygen atoms in total. The summed E-state index contributed by atoms with van der Waals surface area (Å²) in [6, 6.07) is 11.1. The van der Waals surface area contributed by atoms with Gasteiger partial charge in [0, 0.05) is 28.2 Å². The van der Waals surface area contributed by atoms with Gasteiger partial charge in [-0.3, -0.25) is 4.79 Å². The van der Waals surface area contributed by atoms with Crippen molar-refractivity contribution in [3.63, 3.8) is 0 Å². The number of pyridine rings is 1. The number of hydrogen-bond acceptors (Lipinski definition) is 1. The monoisotopic (exact) mass is 291 g/mol. The van der Waals surface area contributed by atoms with Gasteiger partial charge in [0.1, 0.15) is 0 Å². The van der Waals surface area contributed by atoms with Crippen molar-refractivity contribution in [2.75, 3.05) is 0 Å². The second-order valence-corrected chi connectivity index (χ2v) is 4.52. The third-order valence-electron chi connectivity index (χ3n) is 2.33. The standard InChI is InChI=1S/C13H11BrN2O/c14-12-5-3-11(4-6-12)13(17)16-9-10-2-1-7-15-8-10/h1-8H,9H2,(H,16,17)/p+1. The zero-order valence-corrected chi connectivity index (χ0v) is 10.7. The van der Waals surface area contributed by atoms with E-state index in [1.54, 1.807) is 12.1 Å². The van der Waals surface area contributed by atoms with Crippen molar-refractivity contribution in [3.8, 4) is 0 Å². The van der Waals surface area contributed by atoms with E-state index in [2.05, 4.69) is 26.2 Å². The van der Waals surface area contributed by atoms with Gasteiger partial charge in [0.05, 0.1) is 0 Å². The molecule has 2 N–H and O–H groups in total. The lowest BCUT2D eigenvalue weighted by atomic mass is 10.2. The van der Waals surface area contributed by atoms with E-state index >= 15 is 0 Å². The molecule has 0 aliphatic carbocycles. The fraction of sp³-hybridized carbons (Fsp3) is 0.0769. The molecule has 0 aliphatic rings. The molecule has 0 spiro atoms. The smallest absolute Gasteiger partial charge is 0.251 e. The third-order valence-corrected chi connectivity index (χ3v) is 2.86. The maximum absolute atomic E-state index is 11.8. The van der Waals surface area contributed by atoms with Gasteiger partial charge in [-0.05, 0) is 30.3 Å². The van der Waals surface area contributed by atoms with Crippen LogP contribution in [0, 0.1) is 0 Å². The van der Waals surface area contributed by atoms with Gasteiger partial charge in [-0.1, -0.05) is 15.9 Å². The molecule has 0 radical (unpaired) electrons. The van der Waals surface area contributed by atoms with E-state index in [9.17, 15) is 4.79 Å². The topological polar surface area (TPSA) is 43.2 Å². The van der Waals surface area contributed by atoms with Crippen LogP contribution in [0.5, 0.6) is 0 Å². The Kier molecular flexibility index (Phi) is 3.88. The molecule has 0 saturated heterocycles. The number of rotatable bonds is 3. The Morgan fingerprint density at radius 3 is 2.65 bits per heavy atom. The van der Waals surface area contributed by atoms with E-state index in [0.717, 1.165) is 10.0 Å². The number of amides is 1. The molecular formula is C13H12BrN2O+. The summed E-state index contributed by atoms with van der Waals surface area (Å²) in [5, 5.41) is 2.86. The van der Waals surface area contributed by atoms with Gasteiger partial charge in [-0.25, -0.2) is 4.98 Å². The summed E-state index contributed by atoms with van der Waals surface area (Å²) in [4.78, 5) is 14.8. The minimum atomic E-state index is -0.0682. The first-order valence-corrected chi connectivity index (χ1v) is 6.04. The van der Waals surface area contributed by atoms with Crippen molar-refractivity contribution in [2.45, 2.75) is 6.54 Å². The second kappa shape index (κ2) is 5.59. The lowest BCUT2D eigenvalue weighted by Gasteiger charge is -2.03. The SMILES string of the molecule is O=C(NCc1ccc[nH+]c1)c1ccc(Br)cc1. The quantitative estimate of drug-likeness (QED) is 0.926. The summed E-state index contributed by atoms with van der Waals surface area (Å²) in [6.07, 6.45) is 3.70. The molecule has 0 unspecified atom stereocenters. The first kappa shape index (κ1) is 11.8. The van der Waals surface area contributed by atoms with Gasteiger partial charge in [0.2, 0.25) is 0 Å². The summed E-state index contributed by atoms with van der Waals surface area (Å²) < 4.78 is 0.965. The second-order valence-electron chi connectivity index (χ2n) is 3.60. The van der Waals surface area contributed by atoms with Crippen LogP contribution in [0.4, 0.5) is 0 Å². The molecule has 0 fully saturated rings. The predicted octanol–water partition coefficient (Wildman–Crippen LogP) is 2.19. The molecule has 2 aromatic rings. The number of hydrogen-bond donors (Lipinski definition) is 1. The van der Waals surface area contributed by atoms with Gasteiger partial charge in [-0.15, -0.1) is 0 Å². The van der Waals surface area contributed by atoms with Crippen LogP contribution in [0.15, 0.2) is 53.3 Å². The molecule has 0 bridgehead atoms. The molecule has 1 amide bonds. The molecular weight excluding hydrogens is 280 g/mol. The van der Waals surface area contributed by atoms with Crippen molar-refractivity contribution < 1.29 is 9.78 Å². The van der Waals surface area contributed by atoms with Crippen LogP contribution < -0.4 is 10.3 Å². The van der Waals surface area contributed by atoms with Crippen LogP contribution in [0.3, 0.4) is 0 Å². The molecule has 4 heteroatoms. The van der Waals surface area contributed by atoms with Crippen LogP contribution in [0.2, 0.25) is 0 Å². The number of aromatic nitrogens is 1. The normalized spacial score (nSPS) is 9.94. The van der Waals surface area contributed by atoms with Crippen molar-refractivity contribution in [2.24, 2.45) is 0 Å². The number of nitrogens with one attached hydrogen (secondary N) is 2. The summed E-state index contributed by atoms with van der Waals surface area (Å²) in [5.74, 6) is -0.0682. The predicted molar refractivity (Wildman–Crippen MR) is 68.3 cm³/mol. The summed E-state index contributed by atoms with van der Waals surface area (Å²) in [6.45, 7) is 0.520. The number of carbonyl (C=O) groups excluding carboxylic acids is 1. The van der Waals surface area contributed by atoms with Crippen LogP contribution in [0.25, 0.3) is 0 Å². The molecule has 1 heterocycles. The Bertz CT molecular complexity index is 497. The third kappa shape index (κ3) is 3.39. The van der Waals surface area contributed by atoms with Gasteiger partial charge < -0.3 is 5.32 Å². The highest BCUT2D eigenvalue weighted by Gasteiger charge is 2.05. The van der Waals surface area contributed by atoms with Gasteiger partial charge in [-0.2, -0.15) is 0 Å². The lowest BCUT2D eigenvalue weighted by molar-refractivity contribution is -0.378. The van der Waals surface area contributed by atoms with E-state index in [0.29, 0.717) is 12.1 Å². The van der Waals surface area contributed by atoms with Crippen LogP contribution >= 0.6 is 15.9 Å². The molecule has 0 atom stereocenters. The van der Waals surface area contributed by atoms with E-state index in [4.69, 9.17) is 0 Å². The molecule has 2 rings (SSSR count). The van der Waals surface area contributed by atoms with Gasteiger partial charge >= 0.3 is 0 Å². The summed E-state index contributed by atoms with van der Waals surface area (Å²) in [5.41, 5.74) is 1.70. The maximum Gasteiger partial charge on any atom is 0.251 e. The van der Waals surface area contributed by atoms with Crippen LogP contribution in [0.1, 0.15) is 15.9 Å². The Balaban J connectivity index is 1.96. The summed E-state index contributed by atoms with van der Waals surface area (Å²) >= 11 is 3.33. The highest BCUT2D eigenvalue weighted by atomic mass is 79.9. The Hall–Kier alpha value is -1.68. The first-order valence-electron chi connectivity index (χ1n) is 5.24. The minimum Gasteiger partial charge on any atom is -0.348 e. The van der Waals surface area contributed by atoms with E-state index < -0.39 is 0 Å². The fourth-order valence-electron chi connectivity index (χ4n) is 1.43. The number of halogens is 1. The average Bonchev–Trinajstić information content (AvgIpc) is 2.38. The van der Waals surface area contributed by atoms with Crippen molar-refractivity contribution >= 4 is 21.8 Å². The summed E-state index contributed by atoms with van der Waals surface area (Å²) in [7, 11) is 0. The number of benzene rings is 1. The van der Waals surface area contributed by atoms with Crippen LogP contribution in [-0.4, -0.2) is 5.91 Å². The van der Waals surface area contributed by atoms with Crippen molar-refractivity contribution in [3.05, 3.63) is 64.4 Å². The molecule has 0 saturated carbocycles. The Labute approximate surface area is 108 Å².